The molecule has 2 rings (SSSR count). The predicted octanol–water partition coefficient (Wildman–Crippen LogP) is 1.46. The SMILES string of the molecule is CN(CC(=O)NC1CCCC1)c1ccc(C(=O)O)cc1N. The number of nitrogens with two attached hydrogens (primary N) is 1. The van der Waals surface area contributed by atoms with E-state index < -0.39 is 5.97 Å². The minimum Gasteiger partial charge on any atom is -0.478 e. The second kappa shape index (κ2) is 6.47. The zero-order valence-corrected chi connectivity index (χ0v) is 12.1. The first-order chi connectivity index (χ1) is 9.97. The molecule has 0 atom stereocenters. The summed E-state index contributed by atoms with van der Waals surface area (Å²) in [5, 5.41) is 11.9. The Morgan fingerprint density at radius 3 is 2.62 bits per heavy atom. The van der Waals surface area contributed by atoms with Gasteiger partial charge in [0.2, 0.25) is 5.91 Å². The largest absolute Gasteiger partial charge is 0.478 e. The fourth-order valence-electron chi connectivity index (χ4n) is 2.68. The average molecular weight is 291 g/mol. The van der Waals surface area contributed by atoms with Gasteiger partial charge in [-0.25, -0.2) is 4.79 Å². The van der Waals surface area contributed by atoms with E-state index in [4.69, 9.17) is 10.8 Å². The van der Waals surface area contributed by atoms with Crippen molar-refractivity contribution in [1.29, 1.82) is 0 Å². The topological polar surface area (TPSA) is 95.7 Å². The normalized spacial score (nSPS) is 14.9. The van der Waals surface area contributed by atoms with Gasteiger partial charge >= 0.3 is 5.97 Å². The van der Waals surface area contributed by atoms with Gasteiger partial charge < -0.3 is 21.1 Å². The Hall–Kier alpha value is -2.24. The van der Waals surface area contributed by atoms with Gasteiger partial charge in [-0.3, -0.25) is 4.79 Å². The van der Waals surface area contributed by atoms with Crippen LogP contribution in [0.5, 0.6) is 0 Å². The number of carboxylic acids is 1. The number of hydrogen-bond donors (Lipinski definition) is 3. The van der Waals surface area contributed by atoms with Crippen LogP contribution in [0.3, 0.4) is 0 Å². The highest BCUT2D eigenvalue weighted by Gasteiger charge is 2.18. The zero-order valence-electron chi connectivity index (χ0n) is 12.1. The van der Waals surface area contributed by atoms with Crippen LogP contribution >= 0.6 is 0 Å². The highest BCUT2D eigenvalue weighted by molar-refractivity contribution is 5.91. The minimum absolute atomic E-state index is 0.0360. The number of carboxylic acid groups (broad SMARTS) is 1. The van der Waals surface area contributed by atoms with Gasteiger partial charge in [0.1, 0.15) is 0 Å². The van der Waals surface area contributed by atoms with Crippen LogP contribution in [0.4, 0.5) is 11.4 Å². The van der Waals surface area contributed by atoms with Gasteiger partial charge in [0.15, 0.2) is 0 Å². The zero-order chi connectivity index (χ0) is 15.4. The molecule has 114 valence electrons. The number of carbonyl (C=O) groups excluding carboxylic acids is 1. The number of nitrogens with zero attached hydrogens (tertiary/aromatic N) is 1. The fourth-order valence-corrected chi connectivity index (χ4v) is 2.68. The van der Waals surface area contributed by atoms with Crippen molar-refractivity contribution in [2.24, 2.45) is 0 Å². The van der Waals surface area contributed by atoms with Gasteiger partial charge in [0, 0.05) is 13.1 Å². The summed E-state index contributed by atoms with van der Waals surface area (Å²) in [4.78, 5) is 24.6. The van der Waals surface area contributed by atoms with Crippen molar-refractivity contribution >= 4 is 23.3 Å². The van der Waals surface area contributed by atoms with E-state index in [0.717, 1.165) is 12.8 Å². The third-order valence-corrected chi connectivity index (χ3v) is 3.79. The van der Waals surface area contributed by atoms with E-state index in [2.05, 4.69) is 5.32 Å². The lowest BCUT2D eigenvalue weighted by Gasteiger charge is -2.22. The van der Waals surface area contributed by atoms with Crippen molar-refractivity contribution in [3.05, 3.63) is 23.8 Å². The molecule has 0 heterocycles. The van der Waals surface area contributed by atoms with Crippen LogP contribution in [0.1, 0.15) is 36.0 Å². The second-order valence-electron chi connectivity index (χ2n) is 5.48. The van der Waals surface area contributed by atoms with Crippen LogP contribution in [0.15, 0.2) is 18.2 Å². The van der Waals surface area contributed by atoms with Crippen molar-refractivity contribution in [2.45, 2.75) is 31.7 Å². The number of carbonyl (C=O) groups is 2. The number of hydrogen-bond acceptors (Lipinski definition) is 4. The summed E-state index contributed by atoms with van der Waals surface area (Å²) < 4.78 is 0. The van der Waals surface area contributed by atoms with Crippen LogP contribution in [0, 0.1) is 0 Å². The predicted molar refractivity (Wildman–Crippen MR) is 81.5 cm³/mol. The van der Waals surface area contributed by atoms with E-state index in [9.17, 15) is 9.59 Å². The van der Waals surface area contributed by atoms with Gasteiger partial charge in [0.05, 0.1) is 23.5 Å². The first kappa shape index (κ1) is 15.2. The number of amides is 1. The number of aromatic carboxylic acids is 1. The van der Waals surface area contributed by atoms with Crippen LogP contribution in [0.25, 0.3) is 0 Å². The summed E-state index contributed by atoms with van der Waals surface area (Å²) in [5.41, 5.74) is 7.01. The molecule has 1 amide bonds. The van der Waals surface area contributed by atoms with Crippen molar-refractivity contribution in [1.82, 2.24) is 5.32 Å². The first-order valence-electron chi connectivity index (χ1n) is 7.10. The Morgan fingerprint density at radius 2 is 2.05 bits per heavy atom. The summed E-state index contributed by atoms with van der Waals surface area (Å²) in [6.07, 6.45) is 4.44. The molecular formula is C15H21N3O3. The Balaban J connectivity index is 1.97. The second-order valence-corrected chi connectivity index (χ2v) is 5.48. The first-order valence-corrected chi connectivity index (χ1v) is 7.10. The molecule has 0 unspecified atom stereocenters. The molecule has 1 aromatic rings. The number of anilines is 2. The average Bonchev–Trinajstić information content (AvgIpc) is 2.90. The smallest absolute Gasteiger partial charge is 0.335 e. The molecule has 0 aliphatic heterocycles. The summed E-state index contributed by atoms with van der Waals surface area (Å²) in [6.45, 7) is 0.202. The number of nitrogens with one attached hydrogen (secondary N) is 1. The Kier molecular flexibility index (Phi) is 4.67. The molecule has 0 aromatic heterocycles. The summed E-state index contributed by atoms with van der Waals surface area (Å²) >= 11 is 0. The lowest BCUT2D eigenvalue weighted by molar-refractivity contribution is -0.120. The number of benzene rings is 1. The molecule has 1 saturated carbocycles. The van der Waals surface area contributed by atoms with Crippen LogP contribution in [-0.4, -0.2) is 36.6 Å². The molecule has 21 heavy (non-hydrogen) atoms. The lowest BCUT2D eigenvalue weighted by atomic mass is 10.1. The molecule has 1 aliphatic rings. The van der Waals surface area contributed by atoms with E-state index in [1.165, 1.54) is 25.0 Å². The van der Waals surface area contributed by atoms with Gasteiger partial charge in [-0.15, -0.1) is 0 Å². The number of likely N-dealkylation sites (N-methyl/N-ethyl adjacent to an activating group) is 1. The Labute approximate surface area is 123 Å². The summed E-state index contributed by atoms with van der Waals surface area (Å²) in [7, 11) is 1.76. The van der Waals surface area contributed by atoms with Crippen molar-refractivity contribution in [3.63, 3.8) is 0 Å². The van der Waals surface area contributed by atoms with Crippen LogP contribution < -0.4 is 16.0 Å². The van der Waals surface area contributed by atoms with E-state index in [0.29, 0.717) is 11.4 Å². The summed E-state index contributed by atoms with van der Waals surface area (Å²) in [5.74, 6) is -1.05. The molecule has 1 fully saturated rings. The van der Waals surface area contributed by atoms with E-state index in [1.807, 2.05) is 0 Å². The van der Waals surface area contributed by atoms with Gasteiger partial charge in [-0.1, -0.05) is 12.8 Å². The quantitative estimate of drug-likeness (QED) is 0.714. The molecule has 0 saturated heterocycles. The molecule has 4 N–H and O–H groups in total. The highest BCUT2D eigenvalue weighted by Crippen LogP contribution is 2.23. The molecule has 6 heteroatoms. The fraction of sp³-hybridized carbons (Fsp3) is 0.467. The maximum absolute atomic E-state index is 12.0. The van der Waals surface area contributed by atoms with E-state index >= 15 is 0 Å². The minimum atomic E-state index is -1.02. The van der Waals surface area contributed by atoms with E-state index in [-0.39, 0.29) is 24.1 Å². The number of rotatable bonds is 5. The molecule has 0 spiro atoms. The number of nitrogen functional groups attached to an aromatic ring is 1. The highest BCUT2D eigenvalue weighted by atomic mass is 16.4. The Bertz CT molecular complexity index is 539. The monoisotopic (exact) mass is 291 g/mol. The lowest BCUT2D eigenvalue weighted by Crippen LogP contribution is -2.40. The van der Waals surface area contributed by atoms with E-state index in [1.54, 1.807) is 18.0 Å². The Morgan fingerprint density at radius 1 is 1.38 bits per heavy atom. The third kappa shape index (κ3) is 3.87. The van der Waals surface area contributed by atoms with Crippen molar-refractivity contribution in [3.8, 4) is 0 Å². The molecule has 0 bridgehead atoms. The summed E-state index contributed by atoms with van der Waals surface area (Å²) in [6, 6.07) is 4.81. The van der Waals surface area contributed by atoms with Gasteiger partial charge in [-0.2, -0.15) is 0 Å². The molecule has 6 nitrogen and oxygen atoms in total. The van der Waals surface area contributed by atoms with Gasteiger partial charge in [0.25, 0.3) is 0 Å². The van der Waals surface area contributed by atoms with Crippen LogP contribution in [0.2, 0.25) is 0 Å². The molecule has 1 aromatic carbocycles. The standard InChI is InChI=1S/C15H21N3O3/c1-18(9-14(19)17-11-4-2-3-5-11)13-7-6-10(15(20)21)8-12(13)16/h6-8,11H,2-5,9,16H2,1H3,(H,17,19)(H,20,21). The molecule has 1 aliphatic carbocycles. The molecular weight excluding hydrogens is 270 g/mol. The third-order valence-electron chi connectivity index (χ3n) is 3.79. The van der Waals surface area contributed by atoms with Crippen LogP contribution in [-0.2, 0) is 4.79 Å². The maximum atomic E-state index is 12.0. The van der Waals surface area contributed by atoms with Crippen molar-refractivity contribution in [2.75, 3.05) is 24.2 Å². The van der Waals surface area contributed by atoms with Gasteiger partial charge in [-0.05, 0) is 31.0 Å². The molecule has 0 radical (unpaired) electrons. The van der Waals surface area contributed by atoms with Crippen molar-refractivity contribution < 1.29 is 14.7 Å². The maximum Gasteiger partial charge on any atom is 0.335 e.